The Bertz CT molecular complexity index is 1250. The number of aliphatic imine (C=N–C) groups is 1. The average molecular weight is 756 g/mol. The van der Waals surface area contributed by atoms with E-state index in [9.17, 15) is 58.7 Å². The molecule has 0 fully saturated rings. The van der Waals surface area contributed by atoms with Crippen LogP contribution in [0.15, 0.2) is 10.1 Å². The molecule has 0 atom stereocenters. The number of hydrogen-bond donors (Lipinski definition) is 2. The molecule has 1 rings (SSSR count). The number of nitrogens with one attached hydrogen (secondary N) is 1. The first-order chi connectivity index (χ1) is 23.8. The molecule has 0 spiro atoms. The summed E-state index contributed by atoms with van der Waals surface area (Å²) in [6.07, 6.45) is -4.85. The Kier molecular flexibility index (Phi) is 18.7. The number of urea groups is 1. The van der Waals surface area contributed by atoms with Crippen molar-refractivity contribution in [3.63, 3.8) is 0 Å². The number of unbranched alkanes of at least 4 members (excludes halogenated alkanes) is 5. The highest BCUT2D eigenvalue weighted by atomic mass is 19.4. The molecule has 0 bridgehead atoms. The lowest BCUT2D eigenvalue weighted by atomic mass is 10.1. The zero-order valence-electron chi connectivity index (χ0n) is 27.2. The van der Waals surface area contributed by atoms with Crippen LogP contribution in [0.2, 0.25) is 0 Å². The van der Waals surface area contributed by atoms with Gasteiger partial charge in [-0.2, -0.15) is 49.6 Å². The van der Waals surface area contributed by atoms with Crippen LogP contribution >= 0.6 is 0 Å². The standard InChI is InChI=1S/C28H38F9N7O7/c1-2-16-43(50-21(46)27(32,33)34)24(41-49-20(45)26(29,30)31)44(51-22(47)28(35,36)37)19-14-10-6-5-9-13-18-42-17-12-8-4-3-7-11-15-39-23(38)40-25(42)48/h1H,3-19H2,(H3,38,39,40,48)/b41-24-. The number of carbonyl (C=O) groups excluding carboxylic acids is 4. The van der Waals surface area contributed by atoms with E-state index < -0.39 is 66.6 Å². The number of hydrogen-bond acceptors (Lipinski definition) is 10. The maximum Gasteiger partial charge on any atom is 0.493 e. The molecule has 51 heavy (non-hydrogen) atoms. The van der Waals surface area contributed by atoms with Crippen molar-refractivity contribution in [1.82, 2.24) is 20.3 Å². The van der Waals surface area contributed by atoms with E-state index in [0.29, 0.717) is 45.3 Å². The predicted molar refractivity (Wildman–Crippen MR) is 158 cm³/mol. The minimum absolute atomic E-state index is 0.00634. The number of terminal acetylenes is 1. The number of nitrogens with zero attached hydrogens (tertiary/aromatic N) is 5. The summed E-state index contributed by atoms with van der Waals surface area (Å²) >= 11 is 0. The van der Waals surface area contributed by atoms with E-state index in [1.54, 1.807) is 10.8 Å². The molecule has 1 heterocycles. The van der Waals surface area contributed by atoms with Crippen LogP contribution < -0.4 is 11.1 Å². The fourth-order valence-corrected chi connectivity index (χ4v) is 4.20. The van der Waals surface area contributed by atoms with Gasteiger partial charge in [0.05, 0.1) is 6.54 Å². The molecule has 1 aliphatic heterocycles. The van der Waals surface area contributed by atoms with Crippen LogP contribution in [0.25, 0.3) is 0 Å². The monoisotopic (exact) mass is 755 g/mol. The molecule has 0 unspecified atom stereocenters. The highest BCUT2D eigenvalue weighted by Gasteiger charge is 2.47. The van der Waals surface area contributed by atoms with Crippen LogP contribution in [-0.4, -0.2) is 102 Å². The molecule has 0 saturated carbocycles. The first-order valence-electron chi connectivity index (χ1n) is 15.6. The van der Waals surface area contributed by atoms with Crippen molar-refractivity contribution in [2.75, 3.05) is 32.7 Å². The van der Waals surface area contributed by atoms with E-state index >= 15 is 0 Å². The number of halogens is 9. The largest absolute Gasteiger partial charge is 0.493 e. The summed E-state index contributed by atoms with van der Waals surface area (Å²) < 4.78 is 116. The topological polar surface area (TPSA) is 168 Å². The minimum atomic E-state index is -5.76. The molecule has 0 aliphatic carbocycles. The van der Waals surface area contributed by atoms with Gasteiger partial charge in [0.1, 0.15) is 6.54 Å². The Hall–Kier alpha value is -4.65. The second kappa shape index (κ2) is 21.5. The van der Waals surface area contributed by atoms with Crippen LogP contribution in [-0.2, 0) is 28.9 Å². The minimum Gasteiger partial charge on any atom is -0.370 e. The number of guanidine groups is 2. The van der Waals surface area contributed by atoms with Crippen molar-refractivity contribution < 1.29 is 73.2 Å². The normalized spacial score (nSPS) is 15.5. The van der Waals surface area contributed by atoms with E-state index in [2.05, 4.69) is 30.0 Å². The van der Waals surface area contributed by atoms with E-state index in [4.69, 9.17) is 12.2 Å². The molecule has 0 radical (unpaired) electrons. The van der Waals surface area contributed by atoms with Gasteiger partial charge in [-0.25, -0.2) is 19.2 Å². The fourth-order valence-electron chi connectivity index (χ4n) is 4.20. The van der Waals surface area contributed by atoms with E-state index in [1.807, 2.05) is 0 Å². The Balaban J connectivity index is 2.99. The quantitative estimate of drug-likeness (QED) is 0.0576. The Morgan fingerprint density at radius 1 is 0.804 bits per heavy atom. The summed E-state index contributed by atoms with van der Waals surface area (Å²) in [4.78, 5) is 64.2. The molecule has 0 aromatic rings. The van der Waals surface area contributed by atoms with Crippen molar-refractivity contribution in [2.45, 2.75) is 95.6 Å². The molecular formula is C28H38F9N7O7. The maximum absolute atomic E-state index is 13.0. The second-order valence-corrected chi connectivity index (χ2v) is 10.8. The third kappa shape index (κ3) is 18.2. The summed E-state index contributed by atoms with van der Waals surface area (Å²) in [5, 5.41) is 4.38. The summed E-state index contributed by atoms with van der Waals surface area (Å²) in [7, 11) is 0. The maximum atomic E-state index is 13.0. The number of nitrogens with two attached hydrogens (primary N) is 1. The number of rotatable bonds is 11. The van der Waals surface area contributed by atoms with E-state index in [-0.39, 0.29) is 23.9 Å². The van der Waals surface area contributed by atoms with Gasteiger partial charge in [-0.05, 0) is 30.8 Å². The zero-order valence-corrected chi connectivity index (χ0v) is 27.2. The van der Waals surface area contributed by atoms with Crippen LogP contribution in [0, 0.1) is 12.3 Å². The summed E-state index contributed by atoms with van der Waals surface area (Å²) in [5.41, 5.74) is 5.79. The Morgan fingerprint density at radius 3 is 1.88 bits per heavy atom. The van der Waals surface area contributed by atoms with Crippen LogP contribution in [0.4, 0.5) is 44.3 Å². The van der Waals surface area contributed by atoms with E-state index in [0.717, 1.165) is 38.5 Å². The first-order valence-corrected chi connectivity index (χ1v) is 15.6. The smallest absolute Gasteiger partial charge is 0.370 e. The highest BCUT2D eigenvalue weighted by molar-refractivity contribution is 5.95. The molecule has 14 nitrogen and oxygen atoms in total. The van der Waals surface area contributed by atoms with Crippen molar-refractivity contribution >= 4 is 35.9 Å². The molecule has 290 valence electrons. The molecule has 0 aromatic heterocycles. The van der Waals surface area contributed by atoms with Gasteiger partial charge in [-0.3, -0.25) is 10.3 Å². The van der Waals surface area contributed by atoms with Gasteiger partial charge in [-0.1, -0.05) is 57.3 Å². The molecular weight excluding hydrogens is 717 g/mol. The first kappa shape index (κ1) is 44.4. The lowest BCUT2D eigenvalue weighted by molar-refractivity contribution is -0.239. The lowest BCUT2D eigenvalue weighted by Crippen LogP contribution is -2.49. The third-order valence-corrected chi connectivity index (χ3v) is 6.65. The molecule has 0 aromatic carbocycles. The van der Waals surface area contributed by atoms with Crippen LogP contribution in [0.3, 0.4) is 0 Å². The highest BCUT2D eigenvalue weighted by Crippen LogP contribution is 2.22. The summed E-state index contributed by atoms with van der Waals surface area (Å²) in [6.45, 7) is -0.908. The Morgan fingerprint density at radius 2 is 1.31 bits per heavy atom. The zero-order chi connectivity index (χ0) is 38.7. The number of hydroxylamine groups is 4. The lowest BCUT2D eigenvalue weighted by Gasteiger charge is -2.29. The van der Waals surface area contributed by atoms with Gasteiger partial charge >= 0.3 is 48.4 Å². The average Bonchev–Trinajstić information content (AvgIpc) is 3.03. The number of oxime groups is 1. The third-order valence-electron chi connectivity index (χ3n) is 6.65. The summed E-state index contributed by atoms with van der Waals surface area (Å²) in [5.74, 6) is -9.30. The molecule has 0 saturated heterocycles. The molecule has 1 aliphatic rings. The van der Waals surface area contributed by atoms with Crippen molar-refractivity contribution in [1.29, 1.82) is 0 Å². The fraction of sp³-hybridized carbons (Fsp3) is 0.714. The number of amides is 2. The van der Waals surface area contributed by atoms with Crippen LogP contribution in [0.1, 0.15) is 77.0 Å². The van der Waals surface area contributed by atoms with Crippen molar-refractivity contribution in [3.05, 3.63) is 0 Å². The van der Waals surface area contributed by atoms with Crippen LogP contribution in [0.5, 0.6) is 0 Å². The molecule has 3 N–H and O–H groups in total. The number of alkyl halides is 9. The predicted octanol–water partition coefficient (Wildman–Crippen LogP) is 4.66. The van der Waals surface area contributed by atoms with Crippen molar-refractivity contribution in [3.8, 4) is 12.3 Å². The summed E-state index contributed by atoms with van der Waals surface area (Å²) in [6, 6.07) is -0.415. The number of carbonyl (C=O) groups is 4. The molecule has 2 amide bonds. The second-order valence-electron chi connectivity index (χ2n) is 10.8. The van der Waals surface area contributed by atoms with Gasteiger partial charge in [-0.15, -0.1) is 6.42 Å². The molecule has 23 heteroatoms. The SMILES string of the molecule is C#CCN(OC(=O)C(F)(F)F)/C(=N/OC(=O)C(F)(F)F)N(CCCCCCCCN1CCCCCCCCN=C(N)NC1=O)OC(=O)C(F)(F)F. The van der Waals surface area contributed by atoms with Crippen molar-refractivity contribution in [2.24, 2.45) is 15.9 Å². The Labute approximate surface area is 286 Å². The van der Waals surface area contributed by atoms with Gasteiger partial charge in [0, 0.05) is 19.6 Å². The van der Waals surface area contributed by atoms with Gasteiger partial charge < -0.3 is 25.1 Å². The van der Waals surface area contributed by atoms with Gasteiger partial charge in [0.25, 0.3) is 0 Å². The van der Waals surface area contributed by atoms with E-state index in [1.165, 1.54) is 0 Å². The van der Waals surface area contributed by atoms with Gasteiger partial charge in [0.15, 0.2) is 5.96 Å². The van der Waals surface area contributed by atoms with Gasteiger partial charge in [0.2, 0.25) is 0 Å².